The summed E-state index contributed by atoms with van der Waals surface area (Å²) in [5.41, 5.74) is 6.67. The molecule has 0 amide bonds. The minimum atomic E-state index is 0.289. The summed E-state index contributed by atoms with van der Waals surface area (Å²) in [4.78, 5) is 6.57. The van der Waals surface area contributed by atoms with Crippen LogP contribution in [0.4, 0.5) is 0 Å². The van der Waals surface area contributed by atoms with Gasteiger partial charge in [-0.25, -0.2) is 0 Å². The smallest absolute Gasteiger partial charge is 0.241 e. The van der Waals surface area contributed by atoms with Crippen molar-refractivity contribution in [2.75, 3.05) is 13.1 Å². The number of nitrogens with two attached hydrogens (primary N) is 1. The number of hydrogen-bond acceptors (Lipinski definition) is 5. The number of likely N-dealkylation sites (tertiary alicyclic amines) is 1. The Hall–Kier alpha value is -1.24. The summed E-state index contributed by atoms with van der Waals surface area (Å²) in [6, 6.07) is 8.13. The van der Waals surface area contributed by atoms with Gasteiger partial charge in [-0.15, -0.1) is 0 Å². The summed E-state index contributed by atoms with van der Waals surface area (Å²) in [5, 5.41) is 3.99. The summed E-state index contributed by atoms with van der Waals surface area (Å²) in [6.45, 7) is 2.47. The zero-order valence-electron chi connectivity index (χ0n) is 9.71. The van der Waals surface area contributed by atoms with E-state index in [1.807, 2.05) is 24.3 Å². The third-order valence-electron chi connectivity index (χ3n) is 2.90. The van der Waals surface area contributed by atoms with Gasteiger partial charge < -0.3 is 10.3 Å². The van der Waals surface area contributed by atoms with Gasteiger partial charge in [0.05, 0.1) is 6.54 Å². The Morgan fingerprint density at radius 1 is 1.44 bits per heavy atom. The molecular weight excluding hydrogens is 296 g/mol. The second-order valence-electron chi connectivity index (χ2n) is 4.48. The Morgan fingerprint density at radius 2 is 2.28 bits per heavy atom. The summed E-state index contributed by atoms with van der Waals surface area (Å²) in [5.74, 6) is 1.26. The van der Waals surface area contributed by atoms with Crippen LogP contribution in [0.3, 0.4) is 0 Å². The Bertz CT molecular complexity index is 551. The maximum atomic E-state index is 5.72. The van der Waals surface area contributed by atoms with Crippen LogP contribution in [0.2, 0.25) is 0 Å². The van der Waals surface area contributed by atoms with Gasteiger partial charge in [0.25, 0.3) is 0 Å². The zero-order valence-corrected chi connectivity index (χ0v) is 11.3. The van der Waals surface area contributed by atoms with Gasteiger partial charge in [0.15, 0.2) is 0 Å². The van der Waals surface area contributed by atoms with E-state index in [1.54, 1.807) is 0 Å². The van der Waals surface area contributed by atoms with Crippen molar-refractivity contribution >= 4 is 15.9 Å². The molecule has 6 heteroatoms. The second-order valence-corrected chi connectivity index (χ2v) is 5.39. The first-order valence-corrected chi connectivity index (χ1v) is 6.56. The average molecular weight is 309 g/mol. The molecule has 1 aromatic heterocycles. The van der Waals surface area contributed by atoms with Gasteiger partial charge in [-0.3, -0.25) is 4.90 Å². The standard InChI is InChI=1S/C12H13BrN4O/c13-9-3-1-2-8(4-9)12-15-11(18-16-12)7-17-5-10(14)6-17/h1-4,10H,5-7,14H2. The van der Waals surface area contributed by atoms with E-state index < -0.39 is 0 Å². The van der Waals surface area contributed by atoms with E-state index in [1.165, 1.54) is 0 Å². The van der Waals surface area contributed by atoms with Gasteiger partial charge in [-0.1, -0.05) is 33.2 Å². The molecule has 5 nitrogen and oxygen atoms in total. The van der Waals surface area contributed by atoms with Crippen LogP contribution in [0.5, 0.6) is 0 Å². The van der Waals surface area contributed by atoms with Crippen molar-refractivity contribution in [3.63, 3.8) is 0 Å². The van der Waals surface area contributed by atoms with Gasteiger partial charge in [-0.2, -0.15) is 4.98 Å². The summed E-state index contributed by atoms with van der Waals surface area (Å²) in [6.07, 6.45) is 0. The molecule has 1 saturated heterocycles. The van der Waals surface area contributed by atoms with Gasteiger partial charge in [0, 0.05) is 29.2 Å². The predicted molar refractivity (Wildman–Crippen MR) is 70.7 cm³/mol. The number of aromatic nitrogens is 2. The number of halogens is 1. The Kier molecular flexibility index (Phi) is 3.15. The predicted octanol–water partition coefficient (Wildman–Crippen LogP) is 1.64. The SMILES string of the molecule is NC1CN(Cc2nc(-c3cccc(Br)c3)no2)C1. The Morgan fingerprint density at radius 3 is 3.00 bits per heavy atom. The molecule has 0 aliphatic carbocycles. The van der Waals surface area contributed by atoms with Crippen LogP contribution in [0, 0.1) is 0 Å². The number of nitrogens with zero attached hydrogens (tertiary/aromatic N) is 3. The molecule has 18 heavy (non-hydrogen) atoms. The first-order valence-electron chi connectivity index (χ1n) is 5.77. The van der Waals surface area contributed by atoms with Crippen molar-refractivity contribution in [2.45, 2.75) is 12.6 Å². The largest absolute Gasteiger partial charge is 0.338 e. The van der Waals surface area contributed by atoms with Crippen LogP contribution in [-0.4, -0.2) is 34.2 Å². The summed E-state index contributed by atoms with van der Waals surface area (Å²) >= 11 is 3.43. The van der Waals surface area contributed by atoms with Crippen molar-refractivity contribution in [3.05, 3.63) is 34.6 Å². The van der Waals surface area contributed by atoms with E-state index in [4.69, 9.17) is 10.3 Å². The van der Waals surface area contributed by atoms with E-state index in [0.29, 0.717) is 18.3 Å². The van der Waals surface area contributed by atoms with Gasteiger partial charge in [0.1, 0.15) is 0 Å². The lowest BCUT2D eigenvalue weighted by Crippen LogP contribution is -2.54. The van der Waals surface area contributed by atoms with E-state index in [0.717, 1.165) is 23.1 Å². The molecule has 94 valence electrons. The molecule has 1 aliphatic rings. The third kappa shape index (κ3) is 2.45. The van der Waals surface area contributed by atoms with Crippen molar-refractivity contribution in [3.8, 4) is 11.4 Å². The fourth-order valence-corrected chi connectivity index (χ4v) is 2.39. The van der Waals surface area contributed by atoms with E-state index in [-0.39, 0.29) is 6.04 Å². The fraction of sp³-hybridized carbons (Fsp3) is 0.333. The lowest BCUT2D eigenvalue weighted by atomic mass is 10.1. The minimum absolute atomic E-state index is 0.289. The molecule has 0 bridgehead atoms. The number of rotatable bonds is 3. The molecule has 2 N–H and O–H groups in total. The highest BCUT2D eigenvalue weighted by Gasteiger charge is 2.24. The number of hydrogen-bond donors (Lipinski definition) is 1. The average Bonchev–Trinajstić information content (AvgIpc) is 2.76. The summed E-state index contributed by atoms with van der Waals surface area (Å²) in [7, 11) is 0. The molecule has 0 saturated carbocycles. The van der Waals surface area contributed by atoms with Crippen LogP contribution < -0.4 is 5.73 Å². The van der Waals surface area contributed by atoms with Gasteiger partial charge in [0.2, 0.25) is 11.7 Å². The van der Waals surface area contributed by atoms with Gasteiger partial charge >= 0.3 is 0 Å². The molecule has 2 heterocycles. The minimum Gasteiger partial charge on any atom is -0.338 e. The number of benzene rings is 1. The third-order valence-corrected chi connectivity index (χ3v) is 3.39. The van der Waals surface area contributed by atoms with Crippen molar-refractivity contribution < 1.29 is 4.52 Å². The maximum Gasteiger partial charge on any atom is 0.241 e. The molecule has 0 atom stereocenters. The van der Waals surface area contributed by atoms with Crippen LogP contribution >= 0.6 is 15.9 Å². The molecule has 0 radical (unpaired) electrons. The van der Waals surface area contributed by atoms with Crippen LogP contribution in [0.25, 0.3) is 11.4 Å². The zero-order chi connectivity index (χ0) is 12.5. The highest BCUT2D eigenvalue weighted by atomic mass is 79.9. The highest BCUT2D eigenvalue weighted by Crippen LogP contribution is 2.21. The van der Waals surface area contributed by atoms with E-state index >= 15 is 0 Å². The van der Waals surface area contributed by atoms with Crippen molar-refractivity contribution in [1.29, 1.82) is 0 Å². The lowest BCUT2D eigenvalue weighted by molar-refractivity contribution is 0.125. The first kappa shape index (κ1) is 11.8. The monoisotopic (exact) mass is 308 g/mol. The molecule has 1 fully saturated rings. The molecule has 1 aliphatic heterocycles. The molecule has 1 aromatic carbocycles. The summed E-state index contributed by atoms with van der Waals surface area (Å²) < 4.78 is 6.24. The molecular formula is C12H13BrN4O. The van der Waals surface area contributed by atoms with E-state index in [9.17, 15) is 0 Å². The maximum absolute atomic E-state index is 5.72. The topological polar surface area (TPSA) is 68.2 Å². The van der Waals surface area contributed by atoms with Crippen LogP contribution in [0.1, 0.15) is 5.89 Å². The van der Waals surface area contributed by atoms with Gasteiger partial charge in [-0.05, 0) is 12.1 Å². The molecule has 0 unspecified atom stereocenters. The lowest BCUT2D eigenvalue weighted by Gasteiger charge is -2.35. The van der Waals surface area contributed by atoms with Crippen molar-refractivity contribution in [1.82, 2.24) is 15.0 Å². The molecule has 3 rings (SSSR count). The fourth-order valence-electron chi connectivity index (χ4n) is 1.99. The van der Waals surface area contributed by atoms with Crippen LogP contribution in [0.15, 0.2) is 33.3 Å². The quantitative estimate of drug-likeness (QED) is 0.933. The Labute approximate surface area is 113 Å². The molecule has 0 spiro atoms. The Balaban J connectivity index is 1.73. The normalized spacial score (nSPS) is 16.8. The highest BCUT2D eigenvalue weighted by molar-refractivity contribution is 9.10. The van der Waals surface area contributed by atoms with Crippen LogP contribution in [-0.2, 0) is 6.54 Å². The van der Waals surface area contributed by atoms with Crippen molar-refractivity contribution in [2.24, 2.45) is 5.73 Å². The van der Waals surface area contributed by atoms with E-state index in [2.05, 4.69) is 31.0 Å². The second kappa shape index (κ2) is 4.79. The molecule has 2 aromatic rings. The first-order chi connectivity index (χ1) is 8.70.